The number of hydrogen-bond donors (Lipinski definition) is 0. The molecule has 0 aliphatic carbocycles. The third-order valence-electron chi connectivity index (χ3n) is 1.45. The molecule has 0 fully saturated rings. The van der Waals surface area contributed by atoms with E-state index in [4.69, 9.17) is 11.6 Å². The summed E-state index contributed by atoms with van der Waals surface area (Å²) in [6.07, 6.45) is 2.12. The van der Waals surface area contributed by atoms with E-state index in [0.717, 1.165) is 5.02 Å². The molecule has 3 heteroatoms. The van der Waals surface area contributed by atoms with Crippen LogP contribution in [0.15, 0.2) is 29.2 Å². The maximum atomic E-state index is 5.77. The normalized spacial score (nSPS) is 12.9. The van der Waals surface area contributed by atoms with Crippen LogP contribution in [-0.2, 0) is 0 Å². The predicted octanol–water partition coefficient (Wildman–Crippen LogP) is 4.14. The van der Waals surface area contributed by atoms with Crippen molar-refractivity contribution in [2.24, 2.45) is 0 Å². The summed E-state index contributed by atoms with van der Waals surface area (Å²) in [6, 6.07) is 7.97. The summed E-state index contributed by atoms with van der Waals surface area (Å²) in [7, 11) is 0. The molecule has 66 valence electrons. The van der Waals surface area contributed by atoms with E-state index in [1.807, 2.05) is 35.7 Å². The third-order valence-corrected chi connectivity index (χ3v) is 4.11. The SMILES string of the molecule is CSC(C)Sc1ccc(Cl)cc1. The van der Waals surface area contributed by atoms with Gasteiger partial charge in [0.2, 0.25) is 0 Å². The first kappa shape index (κ1) is 10.3. The molecule has 0 saturated heterocycles. The quantitative estimate of drug-likeness (QED) is 0.553. The van der Waals surface area contributed by atoms with Gasteiger partial charge in [0, 0.05) is 9.92 Å². The summed E-state index contributed by atoms with van der Waals surface area (Å²) in [4.78, 5) is 1.28. The molecular formula is C9H11ClS2. The van der Waals surface area contributed by atoms with Gasteiger partial charge in [-0.1, -0.05) is 11.6 Å². The average Bonchev–Trinajstić information content (AvgIpc) is 2.09. The standard InChI is InChI=1S/C9H11ClS2/c1-7(11-2)12-9-5-3-8(10)4-6-9/h3-7H,1-2H3. The van der Waals surface area contributed by atoms with Crippen molar-refractivity contribution >= 4 is 35.1 Å². The molecule has 0 heterocycles. The van der Waals surface area contributed by atoms with Gasteiger partial charge in [-0.15, -0.1) is 11.8 Å². The Morgan fingerprint density at radius 2 is 1.83 bits per heavy atom. The molecule has 1 unspecified atom stereocenters. The van der Waals surface area contributed by atoms with Gasteiger partial charge in [-0.05, 0) is 37.4 Å². The molecule has 0 aliphatic rings. The van der Waals surface area contributed by atoms with Crippen LogP contribution >= 0.6 is 35.1 Å². The lowest BCUT2D eigenvalue weighted by Crippen LogP contribution is -1.85. The molecule has 1 rings (SSSR count). The van der Waals surface area contributed by atoms with Crippen LogP contribution in [0.1, 0.15) is 6.92 Å². The molecular weight excluding hydrogens is 208 g/mol. The van der Waals surface area contributed by atoms with Gasteiger partial charge >= 0.3 is 0 Å². The molecule has 0 aliphatic heterocycles. The van der Waals surface area contributed by atoms with Gasteiger partial charge in [0.25, 0.3) is 0 Å². The Kier molecular flexibility index (Phi) is 4.33. The molecule has 0 radical (unpaired) electrons. The highest BCUT2D eigenvalue weighted by atomic mass is 35.5. The van der Waals surface area contributed by atoms with E-state index in [2.05, 4.69) is 25.3 Å². The van der Waals surface area contributed by atoms with Crippen molar-refractivity contribution in [3.8, 4) is 0 Å². The van der Waals surface area contributed by atoms with Crippen LogP contribution in [-0.4, -0.2) is 10.8 Å². The van der Waals surface area contributed by atoms with E-state index in [0.29, 0.717) is 4.58 Å². The van der Waals surface area contributed by atoms with Gasteiger partial charge in [0.1, 0.15) is 0 Å². The van der Waals surface area contributed by atoms with E-state index in [9.17, 15) is 0 Å². The van der Waals surface area contributed by atoms with Crippen LogP contribution < -0.4 is 0 Å². The Hall–Kier alpha value is 0.210. The lowest BCUT2D eigenvalue weighted by molar-refractivity contribution is 1.38. The minimum atomic E-state index is 0.603. The van der Waals surface area contributed by atoms with Crippen molar-refractivity contribution in [3.63, 3.8) is 0 Å². The van der Waals surface area contributed by atoms with Crippen molar-refractivity contribution in [2.75, 3.05) is 6.26 Å². The van der Waals surface area contributed by atoms with Crippen molar-refractivity contribution < 1.29 is 0 Å². The number of thioether (sulfide) groups is 2. The molecule has 0 saturated carbocycles. The first-order valence-corrected chi connectivity index (χ1v) is 6.22. The Labute approximate surface area is 87.1 Å². The Morgan fingerprint density at radius 1 is 1.25 bits per heavy atom. The van der Waals surface area contributed by atoms with E-state index >= 15 is 0 Å². The second kappa shape index (κ2) is 5.05. The zero-order valence-corrected chi connectivity index (χ0v) is 9.47. The molecule has 0 N–H and O–H groups in total. The highest BCUT2D eigenvalue weighted by Gasteiger charge is 2.00. The third kappa shape index (κ3) is 3.30. The maximum absolute atomic E-state index is 5.77. The Balaban J connectivity index is 2.58. The van der Waals surface area contributed by atoms with Gasteiger partial charge in [0.15, 0.2) is 0 Å². The summed E-state index contributed by atoms with van der Waals surface area (Å²) in [5.74, 6) is 0. The first-order chi connectivity index (χ1) is 5.72. The molecule has 0 amide bonds. The second-order valence-corrected chi connectivity index (χ2v) is 5.70. The molecule has 12 heavy (non-hydrogen) atoms. The summed E-state index contributed by atoms with van der Waals surface area (Å²) in [6.45, 7) is 2.20. The summed E-state index contributed by atoms with van der Waals surface area (Å²) < 4.78 is 0.603. The fourth-order valence-corrected chi connectivity index (χ4v) is 2.27. The lowest BCUT2D eigenvalue weighted by atomic mass is 10.4. The number of hydrogen-bond acceptors (Lipinski definition) is 2. The first-order valence-electron chi connectivity index (χ1n) is 3.67. The monoisotopic (exact) mass is 218 g/mol. The van der Waals surface area contributed by atoms with E-state index < -0.39 is 0 Å². The van der Waals surface area contributed by atoms with Crippen molar-refractivity contribution in [3.05, 3.63) is 29.3 Å². The Morgan fingerprint density at radius 3 is 2.33 bits per heavy atom. The number of rotatable bonds is 3. The van der Waals surface area contributed by atoms with Gasteiger partial charge in [-0.2, -0.15) is 11.8 Å². The minimum Gasteiger partial charge on any atom is -0.151 e. The molecule has 1 aromatic rings. The van der Waals surface area contributed by atoms with Crippen LogP contribution in [0.3, 0.4) is 0 Å². The zero-order chi connectivity index (χ0) is 8.97. The second-order valence-electron chi connectivity index (χ2n) is 2.38. The summed E-state index contributed by atoms with van der Waals surface area (Å²) in [5, 5.41) is 0.802. The van der Waals surface area contributed by atoms with Crippen molar-refractivity contribution in [2.45, 2.75) is 16.4 Å². The summed E-state index contributed by atoms with van der Waals surface area (Å²) in [5.41, 5.74) is 0. The zero-order valence-electron chi connectivity index (χ0n) is 7.08. The van der Waals surface area contributed by atoms with Gasteiger partial charge in [-0.3, -0.25) is 0 Å². The van der Waals surface area contributed by atoms with Crippen LogP contribution in [0.2, 0.25) is 5.02 Å². The molecule has 1 atom stereocenters. The minimum absolute atomic E-state index is 0.603. The smallest absolute Gasteiger partial charge is 0.0518 e. The molecule has 0 nitrogen and oxygen atoms in total. The topological polar surface area (TPSA) is 0 Å². The van der Waals surface area contributed by atoms with Crippen LogP contribution in [0, 0.1) is 0 Å². The molecule has 0 aromatic heterocycles. The van der Waals surface area contributed by atoms with Crippen molar-refractivity contribution in [1.82, 2.24) is 0 Å². The highest BCUT2D eigenvalue weighted by molar-refractivity contribution is 8.16. The van der Waals surface area contributed by atoms with Crippen LogP contribution in [0.4, 0.5) is 0 Å². The average molecular weight is 219 g/mol. The fourth-order valence-electron chi connectivity index (χ4n) is 0.753. The fraction of sp³-hybridized carbons (Fsp3) is 0.333. The van der Waals surface area contributed by atoms with Crippen molar-refractivity contribution in [1.29, 1.82) is 0 Å². The van der Waals surface area contributed by atoms with E-state index in [1.54, 1.807) is 0 Å². The molecule has 1 aromatic carbocycles. The number of benzene rings is 1. The van der Waals surface area contributed by atoms with E-state index in [1.165, 1.54) is 4.90 Å². The van der Waals surface area contributed by atoms with Gasteiger partial charge in [0.05, 0.1) is 4.58 Å². The maximum Gasteiger partial charge on any atom is 0.0518 e. The predicted molar refractivity (Wildman–Crippen MR) is 60.3 cm³/mol. The molecule has 0 bridgehead atoms. The summed E-state index contributed by atoms with van der Waals surface area (Å²) >= 11 is 9.48. The van der Waals surface area contributed by atoms with Gasteiger partial charge in [-0.25, -0.2) is 0 Å². The highest BCUT2D eigenvalue weighted by Crippen LogP contribution is 2.29. The largest absolute Gasteiger partial charge is 0.151 e. The van der Waals surface area contributed by atoms with Crippen LogP contribution in [0.25, 0.3) is 0 Å². The van der Waals surface area contributed by atoms with E-state index in [-0.39, 0.29) is 0 Å². The van der Waals surface area contributed by atoms with Crippen LogP contribution in [0.5, 0.6) is 0 Å². The molecule has 0 spiro atoms. The Bertz CT molecular complexity index is 233. The number of halogens is 1. The van der Waals surface area contributed by atoms with Gasteiger partial charge < -0.3 is 0 Å². The lowest BCUT2D eigenvalue weighted by Gasteiger charge is -2.06.